The fourth-order valence-electron chi connectivity index (χ4n) is 0.989. The predicted molar refractivity (Wildman–Crippen MR) is 54.9 cm³/mol. The lowest BCUT2D eigenvalue weighted by atomic mass is 10.3. The minimum Gasteiger partial charge on any atom is -0.481 e. The van der Waals surface area contributed by atoms with E-state index in [1.165, 1.54) is 6.07 Å². The van der Waals surface area contributed by atoms with Gasteiger partial charge in [-0.1, -0.05) is 5.92 Å². The Morgan fingerprint density at radius 3 is 2.69 bits per heavy atom. The zero-order valence-corrected chi connectivity index (χ0v) is 9.25. The molecule has 0 radical (unpaired) electrons. The molecule has 0 bridgehead atoms. The molecule has 0 amide bonds. The van der Waals surface area contributed by atoms with Gasteiger partial charge in [0.25, 0.3) is 10.1 Å². The van der Waals surface area contributed by atoms with Crippen LogP contribution in [-0.4, -0.2) is 22.1 Å². The first-order chi connectivity index (χ1) is 7.51. The van der Waals surface area contributed by atoms with E-state index in [1.807, 2.05) is 0 Å². The molecule has 86 valence electrons. The number of rotatable bonds is 4. The van der Waals surface area contributed by atoms with Crippen molar-refractivity contribution in [3.63, 3.8) is 0 Å². The van der Waals surface area contributed by atoms with Crippen LogP contribution < -0.4 is 4.74 Å². The van der Waals surface area contributed by atoms with Crippen LogP contribution in [0.15, 0.2) is 23.1 Å². The van der Waals surface area contributed by atoms with Crippen molar-refractivity contribution in [1.82, 2.24) is 0 Å². The van der Waals surface area contributed by atoms with Crippen molar-refractivity contribution >= 4 is 10.1 Å². The van der Waals surface area contributed by atoms with Crippen LogP contribution in [0.1, 0.15) is 0 Å². The van der Waals surface area contributed by atoms with Crippen LogP contribution in [0.25, 0.3) is 0 Å². The summed E-state index contributed by atoms with van der Waals surface area (Å²) in [7, 11) is -3.08. The molecule has 1 rings (SSSR count). The normalized spacial score (nSPS) is 10.8. The third kappa shape index (κ3) is 2.72. The average Bonchev–Trinajstić information content (AvgIpc) is 2.26. The van der Waals surface area contributed by atoms with E-state index in [4.69, 9.17) is 11.2 Å². The van der Waals surface area contributed by atoms with Crippen molar-refractivity contribution in [2.24, 2.45) is 0 Å². The molecule has 6 heteroatoms. The zero-order valence-electron chi connectivity index (χ0n) is 8.44. The summed E-state index contributed by atoms with van der Waals surface area (Å²) in [5.74, 6) is 1.41. The predicted octanol–water partition coefficient (Wildman–Crippen LogP) is 1.17. The van der Waals surface area contributed by atoms with Gasteiger partial charge in [0.1, 0.15) is 23.1 Å². The highest BCUT2D eigenvalue weighted by Crippen LogP contribution is 2.21. The molecule has 0 aliphatic rings. The summed E-state index contributed by atoms with van der Waals surface area (Å²) in [5.41, 5.74) is 0. The van der Waals surface area contributed by atoms with Crippen LogP contribution in [-0.2, 0) is 14.3 Å². The number of terminal acetylenes is 1. The summed E-state index contributed by atoms with van der Waals surface area (Å²) in [4.78, 5) is -0.539. The lowest BCUT2D eigenvalue weighted by Gasteiger charge is -2.05. The lowest BCUT2D eigenvalue weighted by molar-refractivity contribution is 0.365. The van der Waals surface area contributed by atoms with Gasteiger partial charge >= 0.3 is 0 Å². The maximum absolute atomic E-state index is 13.4. The van der Waals surface area contributed by atoms with Gasteiger partial charge in [0, 0.05) is 6.07 Å². The first kappa shape index (κ1) is 12.5. The number of benzene rings is 1. The molecule has 16 heavy (non-hydrogen) atoms. The van der Waals surface area contributed by atoms with Gasteiger partial charge in [0.05, 0.1) is 7.11 Å². The topological polar surface area (TPSA) is 52.6 Å². The molecule has 0 fully saturated rings. The van der Waals surface area contributed by atoms with E-state index in [-0.39, 0.29) is 12.4 Å². The molecular weight excluding hydrogens is 235 g/mol. The fourth-order valence-corrected chi connectivity index (χ4v) is 1.70. The Morgan fingerprint density at radius 2 is 2.19 bits per heavy atom. The van der Waals surface area contributed by atoms with Gasteiger partial charge in [-0.2, -0.15) is 8.42 Å². The van der Waals surface area contributed by atoms with Crippen LogP contribution in [0.3, 0.4) is 0 Å². The molecule has 1 aromatic rings. The van der Waals surface area contributed by atoms with Crippen molar-refractivity contribution in [1.29, 1.82) is 0 Å². The van der Waals surface area contributed by atoms with Gasteiger partial charge < -0.3 is 4.74 Å². The molecule has 0 N–H and O–H groups in total. The van der Waals surface area contributed by atoms with Gasteiger partial charge in [0.15, 0.2) is 0 Å². The monoisotopic (exact) mass is 244 g/mol. The smallest absolute Gasteiger partial charge is 0.299 e. The summed E-state index contributed by atoms with van der Waals surface area (Å²) in [6.07, 6.45) is 4.95. The van der Waals surface area contributed by atoms with Crippen LogP contribution in [0.5, 0.6) is 5.75 Å². The number of halogens is 1. The molecule has 0 atom stereocenters. The molecule has 0 unspecified atom stereocenters. The molecule has 4 nitrogen and oxygen atoms in total. The maximum Gasteiger partial charge on any atom is 0.299 e. The minimum absolute atomic E-state index is 0.0180. The summed E-state index contributed by atoms with van der Waals surface area (Å²) < 4.78 is 44.9. The van der Waals surface area contributed by atoms with Crippen molar-refractivity contribution in [3.8, 4) is 18.1 Å². The minimum atomic E-state index is -4.04. The van der Waals surface area contributed by atoms with E-state index < -0.39 is 20.8 Å². The van der Waals surface area contributed by atoms with Gasteiger partial charge in [-0.3, -0.25) is 4.18 Å². The fraction of sp³-hybridized carbons (Fsp3) is 0.200. The Bertz CT molecular complexity index is 516. The quantitative estimate of drug-likeness (QED) is 0.589. The largest absolute Gasteiger partial charge is 0.481 e. The molecule has 1 aromatic carbocycles. The summed E-state index contributed by atoms with van der Waals surface area (Å²) in [6, 6.07) is 3.29. The molecule has 0 saturated carbocycles. The van der Waals surface area contributed by atoms with E-state index in [0.29, 0.717) is 0 Å². The Morgan fingerprint density at radius 1 is 1.50 bits per heavy atom. The maximum atomic E-state index is 13.4. The molecule has 0 aliphatic heterocycles. The van der Waals surface area contributed by atoms with Crippen LogP contribution in [0.4, 0.5) is 4.39 Å². The highest BCUT2D eigenvalue weighted by Gasteiger charge is 2.18. The summed E-state index contributed by atoms with van der Waals surface area (Å²) >= 11 is 0. The molecule has 0 heterocycles. The lowest BCUT2D eigenvalue weighted by Crippen LogP contribution is -2.06. The molecule has 0 aliphatic carbocycles. The van der Waals surface area contributed by atoms with Gasteiger partial charge in [-0.25, -0.2) is 4.39 Å². The third-order valence-electron chi connectivity index (χ3n) is 1.71. The van der Waals surface area contributed by atoms with Gasteiger partial charge in [0.2, 0.25) is 0 Å². The second kappa shape index (κ2) is 4.96. The van der Waals surface area contributed by atoms with E-state index in [1.54, 1.807) is 0 Å². The first-order valence-electron chi connectivity index (χ1n) is 4.17. The van der Waals surface area contributed by atoms with E-state index in [0.717, 1.165) is 19.2 Å². The highest BCUT2D eigenvalue weighted by atomic mass is 32.2. The van der Waals surface area contributed by atoms with E-state index >= 15 is 0 Å². The summed E-state index contributed by atoms with van der Waals surface area (Å²) in [5, 5.41) is 0. The molecular formula is C10H9FO4S. The average molecular weight is 244 g/mol. The van der Waals surface area contributed by atoms with Crippen LogP contribution in [0, 0.1) is 18.2 Å². The zero-order chi connectivity index (χ0) is 12.2. The van der Waals surface area contributed by atoms with Crippen LogP contribution in [0.2, 0.25) is 0 Å². The van der Waals surface area contributed by atoms with Gasteiger partial charge in [-0.05, 0) is 12.1 Å². The van der Waals surface area contributed by atoms with Crippen molar-refractivity contribution in [2.75, 3.05) is 13.7 Å². The second-order valence-corrected chi connectivity index (χ2v) is 4.39. The van der Waals surface area contributed by atoms with Crippen LogP contribution >= 0.6 is 0 Å². The Labute approximate surface area is 93.1 Å². The Balaban J connectivity index is 3.06. The van der Waals surface area contributed by atoms with E-state index in [2.05, 4.69) is 10.1 Å². The van der Waals surface area contributed by atoms with E-state index in [9.17, 15) is 12.8 Å². The molecule has 0 aromatic heterocycles. The number of ether oxygens (including phenoxy) is 1. The van der Waals surface area contributed by atoms with Crippen molar-refractivity contribution in [2.45, 2.75) is 4.90 Å². The summed E-state index contributed by atoms with van der Waals surface area (Å²) in [6.45, 7) is -0.0180. The highest BCUT2D eigenvalue weighted by molar-refractivity contribution is 7.86. The molecule has 0 saturated heterocycles. The van der Waals surface area contributed by atoms with Gasteiger partial charge in [-0.15, -0.1) is 6.42 Å². The SMILES string of the molecule is C#CCOc1ccc(S(=O)(=O)OC)c(F)c1. The molecule has 0 spiro atoms. The second-order valence-electron chi connectivity index (χ2n) is 2.71. The standard InChI is InChI=1S/C10H9FO4S/c1-3-6-15-8-4-5-10(9(11)7-8)16(12,13)14-2/h1,4-5,7H,6H2,2H3. The third-order valence-corrected chi connectivity index (χ3v) is 3.02. The first-order valence-corrected chi connectivity index (χ1v) is 5.58. The van der Waals surface area contributed by atoms with Crippen molar-refractivity contribution < 1.29 is 21.7 Å². The number of hydrogen-bond donors (Lipinski definition) is 0. The Kier molecular flexibility index (Phi) is 3.88. The Hall–Kier alpha value is -1.58. The number of hydrogen-bond acceptors (Lipinski definition) is 4. The van der Waals surface area contributed by atoms with Crippen molar-refractivity contribution in [3.05, 3.63) is 24.0 Å².